The van der Waals surface area contributed by atoms with E-state index in [1.807, 2.05) is 13.8 Å². The van der Waals surface area contributed by atoms with E-state index in [0.717, 1.165) is 0 Å². The molecule has 0 radical (unpaired) electrons. The smallest absolute Gasteiger partial charge is 0.241 e. The Bertz CT molecular complexity index is 405. The maximum absolute atomic E-state index is 11.7. The highest BCUT2D eigenvalue weighted by Crippen LogP contribution is 2.27. The van der Waals surface area contributed by atoms with Crippen LogP contribution in [-0.2, 0) is 4.79 Å². The van der Waals surface area contributed by atoms with Crippen molar-refractivity contribution < 1.29 is 14.6 Å². The minimum atomic E-state index is -0.600. The summed E-state index contributed by atoms with van der Waals surface area (Å²) in [5.74, 6) is 0.193. The first-order chi connectivity index (χ1) is 7.95. The molecule has 0 aliphatic rings. The Morgan fingerprint density at radius 1 is 1.47 bits per heavy atom. The van der Waals surface area contributed by atoms with Gasteiger partial charge >= 0.3 is 0 Å². The third-order valence-corrected chi connectivity index (χ3v) is 2.48. The standard InChI is InChI=1S/C12H18N2O3/c1-7(2)11(13)12(16)14-9-5-4-8(17-3)6-10(9)15/h4-7,11,15H,13H2,1-3H3,(H,14,16)/t11-/m0/s1. The van der Waals surface area contributed by atoms with Crippen molar-refractivity contribution in [3.05, 3.63) is 18.2 Å². The largest absolute Gasteiger partial charge is 0.506 e. The number of nitrogens with one attached hydrogen (secondary N) is 1. The fourth-order valence-corrected chi connectivity index (χ4v) is 1.26. The van der Waals surface area contributed by atoms with Gasteiger partial charge in [0, 0.05) is 6.07 Å². The molecule has 0 unspecified atom stereocenters. The van der Waals surface area contributed by atoms with E-state index in [4.69, 9.17) is 10.5 Å². The zero-order chi connectivity index (χ0) is 13.0. The molecule has 0 saturated heterocycles. The van der Waals surface area contributed by atoms with Crippen molar-refractivity contribution in [2.24, 2.45) is 11.7 Å². The summed E-state index contributed by atoms with van der Waals surface area (Å²) in [6, 6.07) is 4.04. The van der Waals surface area contributed by atoms with Crippen LogP contribution in [0.25, 0.3) is 0 Å². The van der Waals surface area contributed by atoms with Crippen LogP contribution in [-0.4, -0.2) is 24.2 Å². The van der Waals surface area contributed by atoms with Gasteiger partial charge in [0.2, 0.25) is 5.91 Å². The number of rotatable bonds is 4. The van der Waals surface area contributed by atoms with E-state index in [1.54, 1.807) is 12.1 Å². The minimum Gasteiger partial charge on any atom is -0.506 e. The highest BCUT2D eigenvalue weighted by molar-refractivity contribution is 5.96. The number of ether oxygens (including phenoxy) is 1. The highest BCUT2D eigenvalue weighted by atomic mass is 16.5. The Labute approximate surface area is 101 Å². The van der Waals surface area contributed by atoms with Crippen molar-refractivity contribution in [1.82, 2.24) is 0 Å². The second kappa shape index (κ2) is 5.54. The van der Waals surface area contributed by atoms with Gasteiger partial charge in [0.15, 0.2) is 0 Å². The number of carbonyl (C=O) groups is 1. The molecule has 0 bridgehead atoms. The van der Waals surface area contributed by atoms with Crippen molar-refractivity contribution in [1.29, 1.82) is 0 Å². The number of benzene rings is 1. The second-order valence-corrected chi connectivity index (χ2v) is 4.14. The molecule has 0 spiro atoms. The molecule has 1 aromatic rings. The number of nitrogens with two attached hydrogens (primary N) is 1. The van der Waals surface area contributed by atoms with E-state index in [-0.39, 0.29) is 17.6 Å². The van der Waals surface area contributed by atoms with Gasteiger partial charge in [-0.1, -0.05) is 13.8 Å². The molecule has 0 saturated carbocycles. The predicted molar refractivity (Wildman–Crippen MR) is 66.1 cm³/mol. The lowest BCUT2D eigenvalue weighted by Gasteiger charge is -2.16. The van der Waals surface area contributed by atoms with Crippen LogP contribution in [0.4, 0.5) is 5.69 Å². The van der Waals surface area contributed by atoms with Crippen molar-refractivity contribution in [3.8, 4) is 11.5 Å². The van der Waals surface area contributed by atoms with E-state index < -0.39 is 6.04 Å². The van der Waals surface area contributed by atoms with Gasteiger partial charge < -0.3 is 20.9 Å². The molecule has 94 valence electrons. The topological polar surface area (TPSA) is 84.6 Å². The third kappa shape index (κ3) is 3.35. The van der Waals surface area contributed by atoms with Crippen LogP contribution in [0, 0.1) is 5.92 Å². The first-order valence-electron chi connectivity index (χ1n) is 5.39. The van der Waals surface area contributed by atoms with Gasteiger partial charge in [-0.3, -0.25) is 4.79 Å². The lowest BCUT2D eigenvalue weighted by molar-refractivity contribution is -0.118. The molecule has 5 heteroatoms. The van der Waals surface area contributed by atoms with Crippen molar-refractivity contribution in [3.63, 3.8) is 0 Å². The maximum Gasteiger partial charge on any atom is 0.241 e. The molecule has 0 aliphatic heterocycles. The van der Waals surface area contributed by atoms with Gasteiger partial charge in [-0.25, -0.2) is 0 Å². The van der Waals surface area contributed by atoms with Crippen LogP contribution in [0.2, 0.25) is 0 Å². The van der Waals surface area contributed by atoms with Crippen LogP contribution < -0.4 is 15.8 Å². The Kier molecular flexibility index (Phi) is 4.34. The molecular formula is C12H18N2O3. The van der Waals surface area contributed by atoms with Gasteiger partial charge in [0.05, 0.1) is 18.8 Å². The molecule has 5 nitrogen and oxygen atoms in total. The van der Waals surface area contributed by atoms with E-state index in [0.29, 0.717) is 11.4 Å². The van der Waals surface area contributed by atoms with Crippen LogP contribution >= 0.6 is 0 Å². The number of methoxy groups -OCH3 is 1. The Hall–Kier alpha value is -1.75. The average Bonchev–Trinajstić information content (AvgIpc) is 2.30. The molecule has 17 heavy (non-hydrogen) atoms. The number of amides is 1. The number of hydrogen-bond acceptors (Lipinski definition) is 4. The summed E-state index contributed by atoms with van der Waals surface area (Å²) in [4.78, 5) is 11.7. The Morgan fingerprint density at radius 3 is 2.59 bits per heavy atom. The zero-order valence-corrected chi connectivity index (χ0v) is 10.2. The molecule has 4 N–H and O–H groups in total. The molecule has 0 fully saturated rings. The van der Waals surface area contributed by atoms with Gasteiger partial charge in [-0.2, -0.15) is 0 Å². The summed E-state index contributed by atoms with van der Waals surface area (Å²) in [5.41, 5.74) is 6.02. The van der Waals surface area contributed by atoms with E-state index in [1.165, 1.54) is 13.2 Å². The third-order valence-electron chi connectivity index (χ3n) is 2.48. The number of phenolic OH excluding ortho intramolecular Hbond substituents is 1. The predicted octanol–water partition coefficient (Wildman–Crippen LogP) is 1.32. The average molecular weight is 238 g/mol. The molecular weight excluding hydrogens is 220 g/mol. The van der Waals surface area contributed by atoms with Crippen LogP contribution in [0.1, 0.15) is 13.8 Å². The summed E-state index contributed by atoms with van der Waals surface area (Å²) in [5, 5.41) is 12.2. The molecule has 1 rings (SSSR count). The number of phenols is 1. The summed E-state index contributed by atoms with van der Waals surface area (Å²) in [6.07, 6.45) is 0. The summed E-state index contributed by atoms with van der Waals surface area (Å²) >= 11 is 0. The van der Waals surface area contributed by atoms with E-state index in [2.05, 4.69) is 5.32 Å². The molecule has 0 aliphatic carbocycles. The summed E-state index contributed by atoms with van der Waals surface area (Å²) < 4.78 is 4.94. The quantitative estimate of drug-likeness (QED) is 0.691. The Balaban J connectivity index is 2.78. The number of aromatic hydroxyl groups is 1. The van der Waals surface area contributed by atoms with Crippen LogP contribution in [0.15, 0.2) is 18.2 Å². The molecule has 0 heterocycles. The van der Waals surface area contributed by atoms with Crippen molar-refractivity contribution in [2.75, 3.05) is 12.4 Å². The second-order valence-electron chi connectivity index (χ2n) is 4.14. The van der Waals surface area contributed by atoms with Crippen LogP contribution in [0.3, 0.4) is 0 Å². The number of hydrogen-bond donors (Lipinski definition) is 3. The van der Waals surface area contributed by atoms with Gasteiger partial charge in [-0.05, 0) is 18.1 Å². The Morgan fingerprint density at radius 2 is 2.12 bits per heavy atom. The lowest BCUT2D eigenvalue weighted by atomic mass is 10.0. The van der Waals surface area contributed by atoms with Gasteiger partial charge in [0.25, 0.3) is 0 Å². The SMILES string of the molecule is COc1ccc(NC(=O)[C@@H](N)C(C)C)c(O)c1. The van der Waals surface area contributed by atoms with Gasteiger partial charge in [0.1, 0.15) is 11.5 Å². The molecule has 1 atom stereocenters. The first kappa shape index (κ1) is 13.3. The van der Waals surface area contributed by atoms with Gasteiger partial charge in [-0.15, -0.1) is 0 Å². The number of anilines is 1. The highest BCUT2D eigenvalue weighted by Gasteiger charge is 2.18. The number of carbonyl (C=O) groups excluding carboxylic acids is 1. The molecule has 1 aromatic carbocycles. The minimum absolute atomic E-state index is 0.0374. The maximum atomic E-state index is 11.7. The van der Waals surface area contributed by atoms with Crippen LogP contribution in [0.5, 0.6) is 11.5 Å². The molecule has 0 aromatic heterocycles. The monoisotopic (exact) mass is 238 g/mol. The van der Waals surface area contributed by atoms with E-state index >= 15 is 0 Å². The summed E-state index contributed by atoms with van der Waals surface area (Å²) in [6.45, 7) is 3.72. The lowest BCUT2D eigenvalue weighted by Crippen LogP contribution is -2.39. The first-order valence-corrected chi connectivity index (χ1v) is 5.39. The zero-order valence-electron chi connectivity index (χ0n) is 10.2. The van der Waals surface area contributed by atoms with Crippen molar-refractivity contribution in [2.45, 2.75) is 19.9 Å². The summed E-state index contributed by atoms with van der Waals surface area (Å²) in [7, 11) is 1.50. The fourth-order valence-electron chi connectivity index (χ4n) is 1.26. The van der Waals surface area contributed by atoms with E-state index in [9.17, 15) is 9.90 Å². The normalized spacial score (nSPS) is 12.3. The molecule has 1 amide bonds. The van der Waals surface area contributed by atoms with Crippen molar-refractivity contribution >= 4 is 11.6 Å². The fraction of sp³-hybridized carbons (Fsp3) is 0.417.